The zero-order chi connectivity index (χ0) is 20.8. The van der Waals surface area contributed by atoms with Gasteiger partial charge in [0, 0.05) is 36.5 Å². The summed E-state index contributed by atoms with van der Waals surface area (Å²) in [6.07, 6.45) is 5.75. The molecule has 4 aromatic rings. The standard InChI is InChI=1S/C22H20N4O3S/c1-3-29-22-24-20-18(30-22)10-16(14-6-9-19(27)25(2)12-14)21(28)26(20)15-7-8-17(23-11-15)13-4-5-13/h6-13H,3-5H2,1-2H3. The molecule has 0 spiro atoms. The molecule has 0 N–H and O–H groups in total. The van der Waals surface area contributed by atoms with Crippen LogP contribution in [0.4, 0.5) is 0 Å². The molecule has 0 bridgehead atoms. The van der Waals surface area contributed by atoms with Crippen molar-refractivity contribution in [3.8, 4) is 22.0 Å². The number of aromatic nitrogens is 4. The van der Waals surface area contributed by atoms with E-state index in [1.54, 1.807) is 30.1 Å². The van der Waals surface area contributed by atoms with Crippen molar-refractivity contribution in [1.29, 1.82) is 0 Å². The highest BCUT2D eigenvalue weighted by Gasteiger charge is 2.25. The summed E-state index contributed by atoms with van der Waals surface area (Å²) in [7, 11) is 1.67. The number of hydrogen-bond acceptors (Lipinski definition) is 6. The molecule has 0 aromatic carbocycles. The Morgan fingerprint density at radius 3 is 2.70 bits per heavy atom. The summed E-state index contributed by atoms with van der Waals surface area (Å²) >= 11 is 1.39. The summed E-state index contributed by atoms with van der Waals surface area (Å²) in [5.41, 5.74) is 3.09. The summed E-state index contributed by atoms with van der Waals surface area (Å²) < 4.78 is 9.47. The van der Waals surface area contributed by atoms with Crippen molar-refractivity contribution in [3.05, 3.63) is 69.1 Å². The second-order valence-corrected chi connectivity index (χ2v) is 8.37. The number of pyridine rings is 3. The van der Waals surface area contributed by atoms with Crippen LogP contribution in [0, 0.1) is 0 Å². The minimum absolute atomic E-state index is 0.128. The second kappa shape index (κ2) is 7.21. The van der Waals surface area contributed by atoms with Gasteiger partial charge in [0.15, 0.2) is 5.65 Å². The van der Waals surface area contributed by atoms with E-state index in [4.69, 9.17) is 4.74 Å². The molecule has 0 radical (unpaired) electrons. The van der Waals surface area contributed by atoms with Crippen LogP contribution in [-0.2, 0) is 7.05 Å². The van der Waals surface area contributed by atoms with E-state index in [1.807, 2.05) is 25.1 Å². The lowest BCUT2D eigenvalue weighted by atomic mass is 10.1. The summed E-state index contributed by atoms with van der Waals surface area (Å²) in [4.78, 5) is 34.5. The molecular formula is C22H20N4O3S. The molecule has 8 heteroatoms. The van der Waals surface area contributed by atoms with Gasteiger partial charge >= 0.3 is 0 Å². The largest absolute Gasteiger partial charge is 0.470 e. The Kier molecular flexibility index (Phi) is 4.51. The van der Waals surface area contributed by atoms with Crippen molar-refractivity contribution in [2.24, 2.45) is 7.05 Å². The smallest absolute Gasteiger partial charge is 0.275 e. The van der Waals surface area contributed by atoms with E-state index in [1.165, 1.54) is 34.8 Å². The molecule has 5 rings (SSSR count). The zero-order valence-corrected chi connectivity index (χ0v) is 17.5. The third-order valence-corrected chi connectivity index (χ3v) is 6.13. The number of hydrogen-bond donors (Lipinski definition) is 0. The van der Waals surface area contributed by atoms with Crippen molar-refractivity contribution < 1.29 is 4.74 Å². The Bertz CT molecular complexity index is 1360. The van der Waals surface area contributed by atoms with Crippen LogP contribution in [0.5, 0.6) is 5.19 Å². The van der Waals surface area contributed by atoms with Gasteiger partial charge in [-0.15, -0.1) is 0 Å². The molecule has 0 saturated heterocycles. The number of nitrogens with zero attached hydrogens (tertiary/aromatic N) is 4. The van der Waals surface area contributed by atoms with E-state index in [-0.39, 0.29) is 11.1 Å². The lowest BCUT2D eigenvalue weighted by Crippen LogP contribution is -2.22. The van der Waals surface area contributed by atoms with Crippen LogP contribution in [0.25, 0.3) is 27.2 Å². The Morgan fingerprint density at radius 1 is 1.20 bits per heavy atom. The van der Waals surface area contributed by atoms with Crippen molar-refractivity contribution in [1.82, 2.24) is 19.1 Å². The number of fused-ring (bicyclic) bond motifs is 1. The Morgan fingerprint density at radius 2 is 2.03 bits per heavy atom. The van der Waals surface area contributed by atoms with Crippen LogP contribution in [0.15, 0.2) is 52.3 Å². The highest BCUT2D eigenvalue weighted by Crippen LogP contribution is 2.39. The molecule has 30 heavy (non-hydrogen) atoms. The highest BCUT2D eigenvalue weighted by molar-refractivity contribution is 7.20. The van der Waals surface area contributed by atoms with Crippen molar-refractivity contribution >= 4 is 21.7 Å². The van der Waals surface area contributed by atoms with Gasteiger partial charge in [-0.1, -0.05) is 11.3 Å². The molecule has 0 atom stereocenters. The van der Waals surface area contributed by atoms with Gasteiger partial charge in [-0.05, 0) is 44.0 Å². The van der Waals surface area contributed by atoms with Crippen LogP contribution >= 0.6 is 11.3 Å². The first-order valence-corrected chi connectivity index (χ1v) is 10.7. The van der Waals surface area contributed by atoms with Crippen LogP contribution in [0.1, 0.15) is 31.4 Å². The Balaban J connectivity index is 1.75. The summed E-state index contributed by atoms with van der Waals surface area (Å²) in [6.45, 7) is 2.39. The molecule has 1 aliphatic rings. The van der Waals surface area contributed by atoms with Gasteiger partial charge < -0.3 is 9.30 Å². The lowest BCUT2D eigenvalue weighted by Gasteiger charge is -2.11. The van der Waals surface area contributed by atoms with E-state index in [2.05, 4.69) is 9.97 Å². The van der Waals surface area contributed by atoms with Gasteiger partial charge in [-0.25, -0.2) is 0 Å². The van der Waals surface area contributed by atoms with E-state index >= 15 is 0 Å². The molecule has 4 aromatic heterocycles. The average molecular weight is 420 g/mol. The molecule has 0 unspecified atom stereocenters. The fourth-order valence-electron chi connectivity index (χ4n) is 3.50. The van der Waals surface area contributed by atoms with Crippen LogP contribution in [0.3, 0.4) is 0 Å². The molecule has 4 heterocycles. The molecule has 1 aliphatic carbocycles. The summed E-state index contributed by atoms with van der Waals surface area (Å²) in [6, 6.07) is 8.87. The van der Waals surface area contributed by atoms with E-state index in [0.717, 1.165) is 10.4 Å². The summed E-state index contributed by atoms with van der Waals surface area (Å²) in [5, 5.41) is 0.515. The van der Waals surface area contributed by atoms with E-state index in [0.29, 0.717) is 40.2 Å². The quantitative estimate of drug-likeness (QED) is 0.494. The number of rotatable bonds is 5. The molecule has 1 saturated carbocycles. The molecule has 0 aliphatic heterocycles. The predicted octanol–water partition coefficient (Wildman–Crippen LogP) is 3.48. The fourth-order valence-corrected chi connectivity index (χ4v) is 4.40. The molecule has 152 valence electrons. The molecule has 7 nitrogen and oxygen atoms in total. The van der Waals surface area contributed by atoms with Gasteiger partial charge in [-0.3, -0.25) is 19.1 Å². The first-order valence-electron chi connectivity index (χ1n) is 9.88. The Labute approximate surface area is 176 Å². The third kappa shape index (κ3) is 3.23. The topological polar surface area (TPSA) is 79.0 Å². The maximum absolute atomic E-state index is 13.5. The SMILES string of the molecule is CCOc1nc2c(cc(-c3ccc(=O)n(C)c3)c(=O)n2-c2ccc(C3CC3)nc2)s1. The van der Waals surface area contributed by atoms with Crippen LogP contribution < -0.4 is 15.9 Å². The van der Waals surface area contributed by atoms with E-state index < -0.39 is 0 Å². The minimum atomic E-state index is -0.213. The zero-order valence-electron chi connectivity index (χ0n) is 16.7. The first-order chi connectivity index (χ1) is 14.5. The monoisotopic (exact) mass is 420 g/mol. The lowest BCUT2D eigenvalue weighted by molar-refractivity contribution is 0.339. The highest BCUT2D eigenvalue weighted by atomic mass is 32.1. The molecule has 1 fully saturated rings. The first kappa shape index (κ1) is 18.7. The predicted molar refractivity (Wildman–Crippen MR) is 117 cm³/mol. The van der Waals surface area contributed by atoms with Crippen molar-refractivity contribution in [2.75, 3.05) is 6.61 Å². The van der Waals surface area contributed by atoms with Gasteiger partial charge in [0.05, 0.1) is 28.8 Å². The maximum atomic E-state index is 13.5. The molecular weight excluding hydrogens is 400 g/mol. The summed E-state index contributed by atoms with van der Waals surface area (Å²) in [5.74, 6) is 0.538. The second-order valence-electron chi connectivity index (χ2n) is 7.38. The van der Waals surface area contributed by atoms with Crippen LogP contribution in [0.2, 0.25) is 0 Å². The minimum Gasteiger partial charge on any atom is -0.470 e. The number of ether oxygens (including phenoxy) is 1. The number of thiazole rings is 1. The normalized spacial score (nSPS) is 13.7. The van der Waals surface area contributed by atoms with E-state index in [9.17, 15) is 9.59 Å². The molecule has 0 amide bonds. The van der Waals surface area contributed by atoms with Gasteiger partial charge in [0.2, 0.25) is 5.56 Å². The van der Waals surface area contributed by atoms with Crippen molar-refractivity contribution in [2.45, 2.75) is 25.7 Å². The Hall–Kier alpha value is -3.26. The maximum Gasteiger partial charge on any atom is 0.275 e. The third-order valence-electron chi connectivity index (χ3n) is 5.22. The van der Waals surface area contributed by atoms with Gasteiger partial charge in [0.1, 0.15) is 0 Å². The van der Waals surface area contributed by atoms with Gasteiger partial charge in [0.25, 0.3) is 10.8 Å². The van der Waals surface area contributed by atoms with Crippen LogP contribution in [-0.4, -0.2) is 25.7 Å². The van der Waals surface area contributed by atoms with Gasteiger partial charge in [-0.2, -0.15) is 4.98 Å². The average Bonchev–Trinajstić information content (AvgIpc) is 3.51. The number of aryl methyl sites for hydroxylation is 1. The van der Waals surface area contributed by atoms with Crippen molar-refractivity contribution in [3.63, 3.8) is 0 Å². The fraction of sp³-hybridized carbons (Fsp3) is 0.273.